The van der Waals surface area contributed by atoms with Crippen LogP contribution in [0.15, 0.2) is 65.9 Å². The van der Waals surface area contributed by atoms with Gasteiger partial charge < -0.3 is 15.4 Å². The van der Waals surface area contributed by atoms with Gasteiger partial charge in [0.05, 0.1) is 6.61 Å². The van der Waals surface area contributed by atoms with Crippen LogP contribution in [0.3, 0.4) is 0 Å². The molecule has 1 aliphatic carbocycles. The molecule has 182 valence electrons. The van der Waals surface area contributed by atoms with Crippen molar-refractivity contribution >= 4 is 34.0 Å². The zero-order chi connectivity index (χ0) is 24.8. The van der Waals surface area contributed by atoms with Crippen molar-refractivity contribution in [3.05, 3.63) is 77.1 Å². The molecule has 0 radical (unpaired) electrons. The monoisotopic (exact) mass is 471 g/mol. The number of aryl methyl sites for hydroxylation is 1. The quantitative estimate of drug-likeness (QED) is 0.373. The van der Waals surface area contributed by atoms with E-state index >= 15 is 0 Å². The van der Waals surface area contributed by atoms with Gasteiger partial charge in [0.2, 0.25) is 0 Å². The second-order valence-corrected chi connectivity index (χ2v) is 8.75. The van der Waals surface area contributed by atoms with Crippen LogP contribution in [0.2, 0.25) is 0 Å². The van der Waals surface area contributed by atoms with Crippen molar-refractivity contribution < 1.29 is 14.3 Å². The number of ether oxygens (including phenoxy) is 1. The lowest BCUT2D eigenvalue weighted by Crippen LogP contribution is -2.39. The molecule has 0 bridgehead atoms. The van der Waals surface area contributed by atoms with Crippen molar-refractivity contribution in [2.24, 2.45) is 0 Å². The number of fused-ring (bicyclic) bond motifs is 1. The summed E-state index contributed by atoms with van der Waals surface area (Å²) in [5, 5.41) is 9.02. The number of pyridine rings is 1. The third-order valence-electron chi connectivity index (χ3n) is 6.39. The average Bonchev–Trinajstić information content (AvgIpc) is 3.23. The summed E-state index contributed by atoms with van der Waals surface area (Å²) in [6, 6.07) is 17.8. The number of rotatable bonds is 10. The van der Waals surface area contributed by atoms with Gasteiger partial charge in [-0.25, -0.2) is 9.78 Å². The molecule has 0 fully saturated rings. The van der Waals surface area contributed by atoms with Crippen LogP contribution in [0, 0.1) is 0 Å². The fraction of sp³-hybridized carbons (Fsp3) is 0.345. The van der Waals surface area contributed by atoms with Gasteiger partial charge in [-0.2, -0.15) is 0 Å². The van der Waals surface area contributed by atoms with Gasteiger partial charge >= 0.3 is 5.97 Å². The van der Waals surface area contributed by atoms with Gasteiger partial charge in [0.1, 0.15) is 11.9 Å². The number of Topliss-reactive ketones (excluding diaryl/α,β-unsaturated/α-hetero) is 1. The normalized spacial score (nSPS) is 14.3. The topological polar surface area (TPSA) is 80.3 Å². The number of anilines is 2. The Morgan fingerprint density at radius 2 is 1.80 bits per heavy atom. The lowest BCUT2D eigenvalue weighted by atomic mass is 10.0. The fourth-order valence-corrected chi connectivity index (χ4v) is 4.55. The van der Waals surface area contributed by atoms with Crippen molar-refractivity contribution in [3.8, 4) is 0 Å². The summed E-state index contributed by atoms with van der Waals surface area (Å²) in [4.78, 5) is 29.6. The Labute approximate surface area is 206 Å². The van der Waals surface area contributed by atoms with Crippen LogP contribution in [0.25, 0.3) is 10.8 Å². The molecule has 2 N–H and O–H groups in total. The molecular formula is C29H33N3O3. The number of carbonyl (C=O) groups excluding carboxylic acids is 2. The van der Waals surface area contributed by atoms with Crippen molar-refractivity contribution in [2.75, 3.05) is 11.9 Å². The van der Waals surface area contributed by atoms with Crippen LogP contribution in [0.5, 0.6) is 0 Å². The highest BCUT2D eigenvalue weighted by atomic mass is 16.5. The minimum atomic E-state index is -0.539. The molecular weight excluding hydrogens is 438 g/mol. The summed E-state index contributed by atoms with van der Waals surface area (Å²) in [6.07, 6.45) is 3.16. The van der Waals surface area contributed by atoms with Gasteiger partial charge in [-0.3, -0.25) is 4.79 Å². The van der Waals surface area contributed by atoms with Gasteiger partial charge in [-0.1, -0.05) is 50.2 Å². The van der Waals surface area contributed by atoms with Crippen molar-refractivity contribution in [1.29, 1.82) is 0 Å². The Morgan fingerprint density at radius 1 is 1.03 bits per heavy atom. The van der Waals surface area contributed by atoms with Gasteiger partial charge in [-0.05, 0) is 55.3 Å². The first kappa shape index (κ1) is 24.5. The SMILES string of the molecule is CCOC(=O)[C@H](Cc1ccc(Nc2nc(CC)cc3ccccc23)cc1)NC1=C(CC)C(=O)CC1. The minimum Gasteiger partial charge on any atom is -0.464 e. The van der Waals surface area contributed by atoms with E-state index in [2.05, 4.69) is 35.8 Å². The molecule has 0 amide bonds. The lowest BCUT2D eigenvalue weighted by Gasteiger charge is -2.20. The number of carbonyl (C=O) groups is 2. The number of esters is 1. The highest BCUT2D eigenvalue weighted by molar-refractivity contribution is 5.98. The molecule has 3 aromatic rings. The second-order valence-electron chi connectivity index (χ2n) is 8.75. The number of hydrogen-bond acceptors (Lipinski definition) is 6. The molecule has 6 heteroatoms. The first-order valence-corrected chi connectivity index (χ1v) is 12.4. The number of ketones is 1. The van der Waals surface area contributed by atoms with Crippen LogP contribution < -0.4 is 10.6 Å². The molecule has 4 rings (SSSR count). The van der Waals surface area contributed by atoms with Crippen LogP contribution in [-0.4, -0.2) is 29.4 Å². The number of hydrogen-bond donors (Lipinski definition) is 2. The zero-order valence-corrected chi connectivity index (χ0v) is 20.7. The van der Waals surface area contributed by atoms with E-state index in [1.54, 1.807) is 6.92 Å². The molecule has 0 spiro atoms. The van der Waals surface area contributed by atoms with Crippen molar-refractivity contribution in [1.82, 2.24) is 10.3 Å². The van der Waals surface area contributed by atoms with Crippen LogP contribution in [0.1, 0.15) is 51.3 Å². The Hall–Kier alpha value is -3.67. The molecule has 6 nitrogen and oxygen atoms in total. The molecule has 0 unspecified atom stereocenters. The summed E-state index contributed by atoms with van der Waals surface area (Å²) in [5.41, 5.74) is 4.65. The maximum atomic E-state index is 12.7. The molecule has 35 heavy (non-hydrogen) atoms. The first-order valence-electron chi connectivity index (χ1n) is 12.4. The summed E-state index contributed by atoms with van der Waals surface area (Å²) in [7, 11) is 0. The van der Waals surface area contributed by atoms with E-state index in [1.807, 2.05) is 43.3 Å². The molecule has 1 atom stereocenters. The molecule has 2 aromatic carbocycles. The average molecular weight is 472 g/mol. The third kappa shape index (κ3) is 5.70. The second kappa shape index (κ2) is 11.2. The van der Waals surface area contributed by atoms with E-state index in [0.29, 0.717) is 32.3 Å². The first-order chi connectivity index (χ1) is 17.0. The van der Waals surface area contributed by atoms with E-state index in [9.17, 15) is 9.59 Å². The molecule has 0 aliphatic heterocycles. The third-order valence-corrected chi connectivity index (χ3v) is 6.39. The predicted molar refractivity (Wildman–Crippen MR) is 140 cm³/mol. The molecule has 0 saturated carbocycles. The smallest absolute Gasteiger partial charge is 0.328 e. The number of benzene rings is 2. The Morgan fingerprint density at radius 3 is 2.51 bits per heavy atom. The maximum absolute atomic E-state index is 12.7. The summed E-state index contributed by atoms with van der Waals surface area (Å²) < 4.78 is 5.32. The summed E-state index contributed by atoms with van der Waals surface area (Å²) in [5.74, 6) is 0.703. The van der Waals surface area contributed by atoms with Gasteiger partial charge in [0.25, 0.3) is 0 Å². The maximum Gasteiger partial charge on any atom is 0.328 e. The Kier molecular flexibility index (Phi) is 7.80. The van der Waals surface area contributed by atoms with Crippen molar-refractivity contribution in [3.63, 3.8) is 0 Å². The molecule has 1 aliphatic rings. The van der Waals surface area contributed by atoms with E-state index in [0.717, 1.165) is 51.2 Å². The molecule has 1 aromatic heterocycles. The minimum absolute atomic E-state index is 0.168. The molecule has 0 saturated heterocycles. The predicted octanol–water partition coefficient (Wildman–Crippen LogP) is 5.63. The number of aromatic nitrogens is 1. The Balaban J connectivity index is 1.52. The van der Waals surface area contributed by atoms with E-state index in [-0.39, 0.29) is 11.8 Å². The van der Waals surface area contributed by atoms with Gasteiger partial charge in [0, 0.05) is 40.9 Å². The van der Waals surface area contributed by atoms with Crippen LogP contribution in [0.4, 0.5) is 11.5 Å². The summed E-state index contributed by atoms with van der Waals surface area (Å²) in [6.45, 7) is 6.19. The number of nitrogens with zero attached hydrogens (tertiary/aromatic N) is 1. The number of allylic oxidation sites excluding steroid dienone is 2. The highest BCUT2D eigenvalue weighted by Crippen LogP contribution is 2.27. The summed E-state index contributed by atoms with van der Waals surface area (Å²) >= 11 is 0. The number of nitrogens with one attached hydrogen (secondary N) is 2. The van der Waals surface area contributed by atoms with Crippen LogP contribution >= 0.6 is 0 Å². The van der Waals surface area contributed by atoms with Gasteiger partial charge in [0.15, 0.2) is 5.78 Å². The highest BCUT2D eigenvalue weighted by Gasteiger charge is 2.27. The van der Waals surface area contributed by atoms with Crippen LogP contribution in [-0.2, 0) is 27.2 Å². The standard InChI is InChI=1S/C29H33N3O3/c1-4-21-18-20-9-7-8-10-24(20)28(30-21)31-22-13-11-19(12-14-22)17-26(29(34)35-6-3)32-25-15-16-27(33)23(25)5-2/h7-14,18,26,32H,4-6,15-17H2,1-3H3,(H,30,31)/t26-/m0/s1. The van der Waals surface area contributed by atoms with E-state index < -0.39 is 6.04 Å². The largest absolute Gasteiger partial charge is 0.464 e. The zero-order valence-electron chi connectivity index (χ0n) is 20.7. The van der Waals surface area contributed by atoms with Crippen molar-refractivity contribution in [2.45, 2.75) is 58.9 Å². The Bertz CT molecular complexity index is 1250. The molecule has 1 heterocycles. The van der Waals surface area contributed by atoms with E-state index in [1.165, 1.54) is 0 Å². The van der Waals surface area contributed by atoms with E-state index in [4.69, 9.17) is 9.72 Å². The fourth-order valence-electron chi connectivity index (χ4n) is 4.55. The van der Waals surface area contributed by atoms with Gasteiger partial charge in [-0.15, -0.1) is 0 Å². The lowest BCUT2D eigenvalue weighted by molar-refractivity contribution is -0.145.